The minimum Gasteiger partial charge on any atom is -0.342 e. The molecule has 0 radical (unpaired) electrons. The molecule has 1 rings (SSSR count). The van der Waals surface area contributed by atoms with Crippen molar-refractivity contribution in [3.8, 4) is 0 Å². The van der Waals surface area contributed by atoms with Crippen LogP contribution in [0.2, 0.25) is 0 Å². The maximum absolute atomic E-state index is 11.8. The van der Waals surface area contributed by atoms with Gasteiger partial charge in [0, 0.05) is 13.1 Å². The van der Waals surface area contributed by atoms with E-state index in [0.29, 0.717) is 12.0 Å². The van der Waals surface area contributed by atoms with Gasteiger partial charge in [0.25, 0.3) is 0 Å². The molecular formula is C13H26N2O. The number of hydrogen-bond acceptors (Lipinski definition) is 2. The number of nitrogens with one attached hydrogen (secondary N) is 1. The van der Waals surface area contributed by atoms with Crippen molar-refractivity contribution in [2.75, 3.05) is 26.2 Å². The van der Waals surface area contributed by atoms with Gasteiger partial charge < -0.3 is 10.2 Å². The summed E-state index contributed by atoms with van der Waals surface area (Å²) in [7, 11) is 0. The van der Waals surface area contributed by atoms with Crippen LogP contribution in [-0.2, 0) is 4.79 Å². The molecule has 0 saturated carbocycles. The van der Waals surface area contributed by atoms with Gasteiger partial charge in [-0.1, -0.05) is 20.8 Å². The fourth-order valence-corrected chi connectivity index (χ4v) is 1.91. The lowest BCUT2D eigenvalue weighted by molar-refractivity contribution is -0.131. The van der Waals surface area contributed by atoms with Crippen LogP contribution in [0.25, 0.3) is 0 Å². The molecule has 0 atom stereocenters. The number of carbonyl (C=O) groups excluding carboxylic acids is 1. The van der Waals surface area contributed by atoms with E-state index < -0.39 is 0 Å². The van der Waals surface area contributed by atoms with Gasteiger partial charge in [0.05, 0.1) is 6.54 Å². The molecule has 1 saturated heterocycles. The van der Waals surface area contributed by atoms with Gasteiger partial charge in [-0.3, -0.25) is 4.79 Å². The Labute approximate surface area is 99.6 Å². The number of piperidine rings is 1. The third kappa shape index (κ3) is 5.50. The number of amides is 1. The van der Waals surface area contributed by atoms with Gasteiger partial charge in [-0.05, 0) is 37.6 Å². The monoisotopic (exact) mass is 226 g/mol. The fraction of sp³-hybridized carbons (Fsp3) is 0.923. The van der Waals surface area contributed by atoms with Crippen LogP contribution in [0.3, 0.4) is 0 Å². The normalized spacial score (nSPS) is 17.6. The maximum Gasteiger partial charge on any atom is 0.236 e. The number of rotatable bonds is 4. The van der Waals surface area contributed by atoms with E-state index in [1.807, 2.05) is 4.90 Å². The van der Waals surface area contributed by atoms with Crippen LogP contribution in [0.4, 0.5) is 0 Å². The summed E-state index contributed by atoms with van der Waals surface area (Å²) in [6.07, 6.45) is 4.74. The van der Waals surface area contributed by atoms with Gasteiger partial charge in [0.15, 0.2) is 0 Å². The van der Waals surface area contributed by atoms with Crippen LogP contribution in [0.1, 0.15) is 46.5 Å². The minimum atomic E-state index is 0.272. The summed E-state index contributed by atoms with van der Waals surface area (Å²) in [5.41, 5.74) is 0.348. The lowest BCUT2D eigenvalue weighted by atomic mass is 9.92. The van der Waals surface area contributed by atoms with Crippen molar-refractivity contribution in [1.29, 1.82) is 0 Å². The van der Waals surface area contributed by atoms with Crippen LogP contribution in [0, 0.1) is 5.41 Å². The zero-order valence-corrected chi connectivity index (χ0v) is 11.0. The third-order valence-corrected chi connectivity index (χ3v) is 3.04. The molecule has 1 N–H and O–H groups in total. The zero-order chi connectivity index (χ0) is 12.0. The van der Waals surface area contributed by atoms with Gasteiger partial charge >= 0.3 is 0 Å². The highest BCUT2D eigenvalue weighted by atomic mass is 16.2. The maximum atomic E-state index is 11.8. The molecule has 3 nitrogen and oxygen atoms in total. The van der Waals surface area contributed by atoms with Crippen molar-refractivity contribution in [3.63, 3.8) is 0 Å². The predicted octanol–water partition coefficient (Wildman–Crippen LogP) is 2.02. The van der Waals surface area contributed by atoms with E-state index in [1.54, 1.807) is 0 Å². The molecule has 1 amide bonds. The van der Waals surface area contributed by atoms with Gasteiger partial charge in [0.2, 0.25) is 5.91 Å². The molecule has 1 aliphatic heterocycles. The zero-order valence-electron chi connectivity index (χ0n) is 11.0. The Balaban J connectivity index is 2.10. The molecule has 0 spiro atoms. The molecule has 94 valence electrons. The first-order valence-electron chi connectivity index (χ1n) is 6.47. The second-order valence-corrected chi connectivity index (χ2v) is 5.93. The Kier molecular flexibility index (Phi) is 5.26. The fourth-order valence-electron chi connectivity index (χ4n) is 1.91. The highest BCUT2D eigenvalue weighted by Gasteiger charge is 2.16. The lowest BCUT2D eigenvalue weighted by Gasteiger charge is -2.27. The van der Waals surface area contributed by atoms with E-state index in [1.165, 1.54) is 19.3 Å². The van der Waals surface area contributed by atoms with E-state index in [-0.39, 0.29) is 5.91 Å². The number of likely N-dealkylation sites (tertiary alicyclic amines) is 1. The summed E-state index contributed by atoms with van der Waals surface area (Å²) in [4.78, 5) is 13.8. The van der Waals surface area contributed by atoms with Gasteiger partial charge in [-0.15, -0.1) is 0 Å². The summed E-state index contributed by atoms with van der Waals surface area (Å²) in [5.74, 6) is 0.272. The lowest BCUT2D eigenvalue weighted by Crippen LogP contribution is -2.41. The number of nitrogens with zero attached hydrogens (tertiary/aromatic N) is 1. The number of carbonyl (C=O) groups is 1. The SMILES string of the molecule is CC(C)(C)CCNCC(=O)N1CCCCC1. The van der Waals surface area contributed by atoms with Gasteiger partial charge in [-0.2, -0.15) is 0 Å². The molecule has 0 aromatic heterocycles. The quantitative estimate of drug-likeness (QED) is 0.744. The smallest absolute Gasteiger partial charge is 0.236 e. The van der Waals surface area contributed by atoms with Gasteiger partial charge in [0.1, 0.15) is 0 Å². The summed E-state index contributed by atoms with van der Waals surface area (Å²) in [6, 6.07) is 0. The topological polar surface area (TPSA) is 32.3 Å². The van der Waals surface area contributed by atoms with Crippen LogP contribution in [-0.4, -0.2) is 37.0 Å². The van der Waals surface area contributed by atoms with Crippen molar-refractivity contribution in [2.45, 2.75) is 46.5 Å². The Morgan fingerprint density at radius 1 is 1.19 bits per heavy atom. The average Bonchev–Trinajstić information content (AvgIpc) is 2.24. The van der Waals surface area contributed by atoms with E-state index in [4.69, 9.17) is 0 Å². The van der Waals surface area contributed by atoms with E-state index in [9.17, 15) is 4.79 Å². The highest BCUT2D eigenvalue weighted by Crippen LogP contribution is 2.16. The number of hydrogen-bond donors (Lipinski definition) is 1. The van der Waals surface area contributed by atoms with Gasteiger partial charge in [-0.25, -0.2) is 0 Å². The predicted molar refractivity (Wildman–Crippen MR) is 67.4 cm³/mol. The van der Waals surface area contributed by atoms with E-state index >= 15 is 0 Å². The first-order valence-corrected chi connectivity index (χ1v) is 6.47. The molecule has 1 aliphatic rings. The summed E-state index contributed by atoms with van der Waals surface area (Å²) < 4.78 is 0. The Hall–Kier alpha value is -0.570. The third-order valence-electron chi connectivity index (χ3n) is 3.04. The molecule has 1 fully saturated rings. The van der Waals surface area contributed by atoms with Crippen LogP contribution in [0.5, 0.6) is 0 Å². The minimum absolute atomic E-state index is 0.272. The molecule has 3 heteroatoms. The second-order valence-electron chi connectivity index (χ2n) is 5.93. The summed E-state index contributed by atoms with van der Waals surface area (Å²) in [6.45, 7) is 10.0. The summed E-state index contributed by atoms with van der Waals surface area (Å²) >= 11 is 0. The standard InChI is InChI=1S/C13H26N2O/c1-13(2,3)7-8-14-11-12(16)15-9-5-4-6-10-15/h14H,4-11H2,1-3H3. The van der Waals surface area contributed by atoms with Crippen molar-refractivity contribution >= 4 is 5.91 Å². The molecule has 0 unspecified atom stereocenters. The Bertz CT molecular complexity index is 214. The van der Waals surface area contributed by atoms with Crippen molar-refractivity contribution in [1.82, 2.24) is 10.2 Å². The largest absolute Gasteiger partial charge is 0.342 e. The molecule has 0 aromatic rings. The molecule has 16 heavy (non-hydrogen) atoms. The van der Waals surface area contributed by atoms with Crippen LogP contribution in [0.15, 0.2) is 0 Å². The molecule has 0 aromatic carbocycles. The van der Waals surface area contributed by atoms with Crippen molar-refractivity contribution in [3.05, 3.63) is 0 Å². The van der Waals surface area contributed by atoms with Crippen LogP contribution >= 0.6 is 0 Å². The molecule has 1 heterocycles. The van der Waals surface area contributed by atoms with E-state index in [0.717, 1.165) is 26.1 Å². The first-order chi connectivity index (χ1) is 7.49. The Morgan fingerprint density at radius 3 is 2.38 bits per heavy atom. The van der Waals surface area contributed by atoms with Crippen molar-refractivity contribution in [2.24, 2.45) is 5.41 Å². The average molecular weight is 226 g/mol. The highest BCUT2D eigenvalue weighted by molar-refractivity contribution is 5.78. The molecule has 0 bridgehead atoms. The summed E-state index contributed by atoms with van der Waals surface area (Å²) in [5, 5.41) is 3.25. The van der Waals surface area contributed by atoms with Crippen LogP contribution < -0.4 is 5.32 Å². The van der Waals surface area contributed by atoms with Crippen molar-refractivity contribution < 1.29 is 4.79 Å². The van der Waals surface area contributed by atoms with E-state index in [2.05, 4.69) is 26.1 Å². The Morgan fingerprint density at radius 2 is 1.81 bits per heavy atom. The molecular weight excluding hydrogens is 200 g/mol. The first kappa shape index (κ1) is 13.5. The second kappa shape index (κ2) is 6.24. The molecule has 0 aliphatic carbocycles.